The molecule has 1 aromatic carbocycles. The number of thiazole rings is 1. The SMILES string of the molecule is CC(C)C(=O)N(Cc1ccco1)c1nc2c(Cl)cccc2s1. The molecule has 1 amide bonds. The van der Waals surface area contributed by atoms with Crippen molar-refractivity contribution < 1.29 is 9.21 Å². The minimum absolute atomic E-state index is 0.00609. The molecule has 0 saturated carbocycles. The van der Waals surface area contributed by atoms with Gasteiger partial charge >= 0.3 is 0 Å². The van der Waals surface area contributed by atoms with Gasteiger partial charge in [-0.05, 0) is 24.3 Å². The van der Waals surface area contributed by atoms with E-state index in [4.69, 9.17) is 16.0 Å². The maximum atomic E-state index is 12.5. The lowest BCUT2D eigenvalue weighted by Crippen LogP contribution is -2.33. The summed E-state index contributed by atoms with van der Waals surface area (Å²) in [7, 11) is 0. The Labute approximate surface area is 137 Å². The molecule has 3 rings (SSSR count). The molecule has 0 aliphatic rings. The van der Waals surface area contributed by atoms with Crippen molar-refractivity contribution >= 4 is 44.2 Å². The van der Waals surface area contributed by atoms with Gasteiger partial charge in [0.1, 0.15) is 11.3 Å². The van der Waals surface area contributed by atoms with Crippen LogP contribution in [0, 0.1) is 5.92 Å². The van der Waals surface area contributed by atoms with Gasteiger partial charge in [-0.1, -0.05) is 42.9 Å². The van der Waals surface area contributed by atoms with Gasteiger partial charge < -0.3 is 4.42 Å². The van der Waals surface area contributed by atoms with E-state index in [0.717, 1.165) is 16.0 Å². The van der Waals surface area contributed by atoms with Crippen LogP contribution in [0.3, 0.4) is 0 Å². The number of benzene rings is 1. The minimum atomic E-state index is -0.127. The predicted octanol–water partition coefficient (Wildman–Crippen LogP) is 4.73. The van der Waals surface area contributed by atoms with E-state index >= 15 is 0 Å². The fraction of sp³-hybridized carbons (Fsp3) is 0.250. The molecule has 0 fully saturated rings. The average Bonchev–Trinajstić information content (AvgIpc) is 3.13. The number of nitrogens with zero attached hydrogens (tertiary/aromatic N) is 2. The fourth-order valence-electron chi connectivity index (χ4n) is 2.13. The second-order valence-electron chi connectivity index (χ2n) is 5.24. The van der Waals surface area contributed by atoms with Crippen LogP contribution < -0.4 is 4.90 Å². The molecule has 0 saturated heterocycles. The van der Waals surface area contributed by atoms with Crippen molar-refractivity contribution in [3.05, 3.63) is 47.4 Å². The Bertz CT molecular complexity index is 796. The van der Waals surface area contributed by atoms with Crippen LogP contribution in [0.5, 0.6) is 0 Å². The zero-order valence-corrected chi connectivity index (χ0v) is 13.8. The third-order valence-electron chi connectivity index (χ3n) is 3.24. The zero-order chi connectivity index (χ0) is 15.7. The van der Waals surface area contributed by atoms with Crippen molar-refractivity contribution in [1.29, 1.82) is 0 Å². The summed E-state index contributed by atoms with van der Waals surface area (Å²) in [5.41, 5.74) is 0.727. The van der Waals surface area contributed by atoms with Crippen LogP contribution in [0.1, 0.15) is 19.6 Å². The number of carbonyl (C=O) groups excluding carboxylic acids is 1. The lowest BCUT2D eigenvalue weighted by Gasteiger charge is -2.20. The molecule has 3 aromatic rings. The topological polar surface area (TPSA) is 46.3 Å². The predicted molar refractivity (Wildman–Crippen MR) is 89.4 cm³/mol. The number of halogens is 1. The Hall–Kier alpha value is -1.85. The quantitative estimate of drug-likeness (QED) is 0.692. The van der Waals surface area contributed by atoms with Crippen molar-refractivity contribution in [2.75, 3.05) is 4.90 Å². The van der Waals surface area contributed by atoms with Crippen LogP contribution in [0.25, 0.3) is 10.2 Å². The number of fused-ring (bicyclic) bond motifs is 1. The van der Waals surface area contributed by atoms with Gasteiger partial charge in [-0.15, -0.1) is 0 Å². The summed E-state index contributed by atoms with van der Waals surface area (Å²) < 4.78 is 6.33. The van der Waals surface area contributed by atoms with Gasteiger partial charge in [-0.25, -0.2) is 4.98 Å². The van der Waals surface area contributed by atoms with Gasteiger partial charge in [-0.3, -0.25) is 9.69 Å². The first-order chi connectivity index (χ1) is 10.6. The van der Waals surface area contributed by atoms with Gasteiger partial charge in [-0.2, -0.15) is 0 Å². The van der Waals surface area contributed by atoms with Crippen molar-refractivity contribution in [2.24, 2.45) is 5.92 Å². The Kier molecular flexibility index (Phi) is 4.18. The van der Waals surface area contributed by atoms with E-state index in [-0.39, 0.29) is 11.8 Å². The molecule has 22 heavy (non-hydrogen) atoms. The first-order valence-electron chi connectivity index (χ1n) is 6.95. The van der Waals surface area contributed by atoms with E-state index in [9.17, 15) is 4.79 Å². The molecule has 0 radical (unpaired) electrons. The standard InChI is InChI=1S/C16H15ClN2O2S/c1-10(2)15(20)19(9-11-5-4-8-21-11)16-18-14-12(17)6-3-7-13(14)22-16/h3-8,10H,9H2,1-2H3. The lowest BCUT2D eigenvalue weighted by molar-refractivity contribution is -0.121. The number of furan rings is 1. The normalized spacial score (nSPS) is 11.3. The number of amides is 1. The van der Waals surface area contributed by atoms with E-state index in [0.29, 0.717) is 16.7 Å². The van der Waals surface area contributed by atoms with Gasteiger partial charge in [0.05, 0.1) is 22.5 Å². The smallest absolute Gasteiger partial charge is 0.231 e. The van der Waals surface area contributed by atoms with Gasteiger partial charge in [0, 0.05) is 5.92 Å². The third kappa shape index (κ3) is 2.87. The molecule has 0 atom stereocenters. The second-order valence-corrected chi connectivity index (χ2v) is 6.66. The van der Waals surface area contributed by atoms with Gasteiger partial charge in [0.25, 0.3) is 0 Å². The van der Waals surface area contributed by atoms with E-state index in [1.807, 2.05) is 38.1 Å². The summed E-state index contributed by atoms with van der Waals surface area (Å²) in [5, 5.41) is 1.23. The van der Waals surface area contributed by atoms with Crippen LogP contribution in [0.2, 0.25) is 5.02 Å². The average molecular weight is 335 g/mol. The molecule has 114 valence electrons. The first-order valence-corrected chi connectivity index (χ1v) is 8.14. The Morgan fingerprint density at radius 1 is 1.36 bits per heavy atom. The number of hydrogen-bond donors (Lipinski definition) is 0. The second kappa shape index (κ2) is 6.10. The highest BCUT2D eigenvalue weighted by Gasteiger charge is 2.23. The van der Waals surface area contributed by atoms with Crippen molar-refractivity contribution in [2.45, 2.75) is 20.4 Å². The summed E-state index contributed by atoms with van der Waals surface area (Å²) in [6.45, 7) is 4.11. The molecule has 6 heteroatoms. The summed E-state index contributed by atoms with van der Waals surface area (Å²) in [5.74, 6) is 0.600. The summed E-state index contributed by atoms with van der Waals surface area (Å²) >= 11 is 7.64. The molecular weight excluding hydrogens is 320 g/mol. The van der Waals surface area contributed by atoms with Gasteiger partial charge in [0.2, 0.25) is 5.91 Å². The highest BCUT2D eigenvalue weighted by molar-refractivity contribution is 7.22. The summed E-state index contributed by atoms with van der Waals surface area (Å²) in [4.78, 5) is 18.8. The van der Waals surface area contributed by atoms with E-state index in [1.54, 1.807) is 17.2 Å². The molecule has 0 aliphatic carbocycles. The van der Waals surface area contributed by atoms with Gasteiger partial charge in [0.15, 0.2) is 5.13 Å². The lowest BCUT2D eigenvalue weighted by atomic mass is 10.2. The van der Waals surface area contributed by atoms with E-state index < -0.39 is 0 Å². The highest BCUT2D eigenvalue weighted by atomic mass is 35.5. The van der Waals surface area contributed by atoms with Crippen LogP contribution in [0.15, 0.2) is 41.0 Å². The maximum absolute atomic E-state index is 12.5. The molecule has 0 unspecified atom stereocenters. The number of aromatic nitrogens is 1. The largest absolute Gasteiger partial charge is 0.467 e. The Morgan fingerprint density at radius 2 is 2.18 bits per heavy atom. The fourth-order valence-corrected chi connectivity index (χ4v) is 3.40. The molecule has 0 spiro atoms. The number of anilines is 1. The molecule has 4 nitrogen and oxygen atoms in total. The number of carbonyl (C=O) groups is 1. The molecule has 0 bridgehead atoms. The number of para-hydroxylation sites is 1. The molecule has 0 N–H and O–H groups in total. The molecular formula is C16H15ClN2O2S. The Balaban J connectivity index is 2.03. The summed E-state index contributed by atoms with van der Waals surface area (Å²) in [6, 6.07) is 9.29. The summed E-state index contributed by atoms with van der Waals surface area (Å²) in [6.07, 6.45) is 1.60. The van der Waals surface area contributed by atoms with Crippen molar-refractivity contribution in [3.63, 3.8) is 0 Å². The van der Waals surface area contributed by atoms with Crippen LogP contribution in [-0.4, -0.2) is 10.9 Å². The minimum Gasteiger partial charge on any atom is -0.467 e. The maximum Gasteiger partial charge on any atom is 0.231 e. The third-order valence-corrected chi connectivity index (χ3v) is 4.59. The first kappa shape index (κ1) is 15.1. The van der Waals surface area contributed by atoms with Crippen LogP contribution in [-0.2, 0) is 11.3 Å². The number of rotatable bonds is 4. The highest BCUT2D eigenvalue weighted by Crippen LogP contribution is 2.34. The van der Waals surface area contributed by atoms with Crippen molar-refractivity contribution in [1.82, 2.24) is 4.98 Å². The van der Waals surface area contributed by atoms with Crippen LogP contribution >= 0.6 is 22.9 Å². The molecule has 2 heterocycles. The monoisotopic (exact) mass is 334 g/mol. The Morgan fingerprint density at radius 3 is 2.82 bits per heavy atom. The zero-order valence-electron chi connectivity index (χ0n) is 12.2. The van der Waals surface area contributed by atoms with E-state index in [2.05, 4.69) is 4.98 Å². The molecule has 0 aliphatic heterocycles. The number of hydrogen-bond acceptors (Lipinski definition) is 4. The molecule has 2 aromatic heterocycles. The van der Waals surface area contributed by atoms with Crippen molar-refractivity contribution in [3.8, 4) is 0 Å². The van der Waals surface area contributed by atoms with E-state index in [1.165, 1.54) is 11.3 Å². The van der Waals surface area contributed by atoms with Crippen LogP contribution in [0.4, 0.5) is 5.13 Å².